The van der Waals surface area contributed by atoms with E-state index >= 15 is 0 Å². The maximum absolute atomic E-state index is 12.9. The number of rotatable bonds is 6. The standard InChI is InChI=1S/C23H24FN3O2.ClH/c24-19-6-4-17(5-7-19)23(28)26-9-1-2-10-27-13-18-15-29-22-8-3-16(12-25)11-20(22)21(18)14-27;/h3-8,11,18,21H,1-2,9-10,13-15H2,(H,26,28);1H/t18-,21+;/m0./s1. The molecule has 0 aliphatic carbocycles. The summed E-state index contributed by atoms with van der Waals surface area (Å²) < 4.78 is 18.8. The molecule has 5 nitrogen and oxygen atoms in total. The van der Waals surface area contributed by atoms with Crippen LogP contribution in [-0.2, 0) is 0 Å². The van der Waals surface area contributed by atoms with Gasteiger partial charge in [-0.05, 0) is 61.9 Å². The van der Waals surface area contributed by atoms with Crippen LogP contribution in [0.1, 0.15) is 40.2 Å². The van der Waals surface area contributed by atoms with Crippen LogP contribution in [0.15, 0.2) is 42.5 Å². The third-order valence-electron chi connectivity index (χ3n) is 5.80. The van der Waals surface area contributed by atoms with Crippen molar-refractivity contribution < 1.29 is 13.9 Å². The second-order valence-corrected chi connectivity index (χ2v) is 7.77. The lowest BCUT2D eigenvalue weighted by Gasteiger charge is -2.27. The number of nitrogens with one attached hydrogen (secondary N) is 1. The van der Waals surface area contributed by atoms with Gasteiger partial charge in [0, 0.05) is 42.6 Å². The van der Waals surface area contributed by atoms with E-state index in [1.807, 2.05) is 18.2 Å². The third kappa shape index (κ3) is 4.92. The lowest BCUT2D eigenvalue weighted by atomic mass is 9.86. The molecule has 0 unspecified atom stereocenters. The number of halogens is 2. The minimum absolute atomic E-state index is 0. The van der Waals surface area contributed by atoms with E-state index < -0.39 is 0 Å². The first kappa shape index (κ1) is 22.1. The summed E-state index contributed by atoms with van der Waals surface area (Å²) in [6.45, 7) is 4.30. The van der Waals surface area contributed by atoms with Gasteiger partial charge in [0.15, 0.2) is 0 Å². The zero-order chi connectivity index (χ0) is 20.2. The van der Waals surface area contributed by atoms with Crippen molar-refractivity contribution in [3.05, 3.63) is 65.0 Å². The molecule has 0 aromatic heterocycles. The van der Waals surface area contributed by atoms with E-state index in [9.17, 15) is 14.4 Å². The van der Waals surface area contributed by atoms with Crippen molar-refractivity contribution in [2.45, 2.75) is 18.8 Å². The number of carbonyl (C=O) groups is 1. The van der Waals surface area contributed by atoms with Crippen molar-refractivity contribution in [3.8, 4) is 11.8 Å². The Hall–Kier alpha value is -2.62. The normalized spacial score (nSPS) is 19.6. The summed E-state index contributed by atoms with van der Waals surface area (Å²) in [7, 11) is 0. The molecule has 2 atom stereocenters. The molecule has 30 heavy (non-hydrogen) atoms. The topological polar surface area (TPSA) is 65.4 Å². The van der Waals surface area contributed by atoms with Crippen molar-refractivity contribution in [1.82, 2.24) is 10.2 Å². The SMILES string of the molecule is Cl.N#Cc1ccc2c(c1)[C@@H]1CN(CCCCNC(=O)c3ccc(F)cc3)C[C@H]1CO2. The molecule has 1 fully saturated rings. The van der Waals surface area contributed by atoms with Gasteiger partial charge < -0.3 is 15.0 Å². The lowest BCUT2D eigenvalue weighted by molar-refractivity contribution is 0.0952. The predicted molar refractivity (Wildman–Crippen MR) is 115 cm³/mol. The number of fused-ring (bicyclic) bond motifs is 3. The van der Waals surface area contributed by atoms with Crippen LogP contribution in [0, 0.1) is 23.1 Å². The van der Waals surface area contributed by atoms with Crippen LogP contribution >= 0.6 is 12.4 Å². The molecular weight excluding hydrogens is 405 g/mol. The molecule has 1 amide bonds. The highest BCUT2D eigenvalue weighted by molar-refractivity contribution is 5.94. The number of hydrogen-bond donors (Lipinski definition) is 1. The minimum Gasteiger partial charge on any atom is -0.493 e. The van der Waals surface area contributed by atoms with Gasteiger partial charge >= 0.3 is 0 Å². The highest BCUT2D eigenvalue weighted by Crippen LogP contribution is 2.41. The van der Waals surface area contributed by atoms with E-state index in [2.05, 4.69) is 16.3 Å². The van der Waals surface area contributed by atoms with Crippen LogP contribution in [0.5, 0.6) is 5.75 Å². The third-order valence-corrected chi connectivity index (χ3v) is 5.80. The highest BCUT2D eigenvalue weighted by atomic mass is 35.5. The Kier molecular flexibility index (Phi) is 7.30. The van der Waals surface area contributed by atoms with Crippen molar-refractivity contribution in [1.29, 1.82) is 5.26 Å². The van der Waals surface area contributed by atoms with Crippen molar-refractivity contribution in [2.24, 2.45) is 5.92 Å². The van der Waals surface area contributed by atoms with Crippen LogP contribution in [0.3, 0.4) is 0 Å². The van der Waals surface area contributed by atoms with Gasteiger partial charge in [-0.3, -0.25) is 4.79 Å². The first-order chi connectivity index (χ1) is 14.1. The molecule has 1 N–H and O–H groups in total. The average molecular weight is 430 g/mol. The van der Waals surface area contributed by atoms with E-state index in [0.29, 0.717) is 29.5 Å². The molecule has 2 aliphatic rings. The number of likely N-dealkylation sites (tertiary alicyclic amines) is 1. The fourth-order valence-corrected chi connectivity index (χ4v) is 4.27. The molecule has 0 radical (unpaired) electrons. The van der Waals surface area contributed by atoms with Crippen LogP contribution in [0.4, 0.5) is 4.39 Å². The Morgan fingerprint density at radius 3 is 2.77 bits per heavy atom. The molecule has 0 saturated carbocycles. The van der Waals surface area contributed by atoms with Crippen molar-refractivity contribution in [3.63, 3.8) is 0 Å². The summed E-state index contributed by atoms with van der Waals surface area (Å²) in [4.78, 5) is 14.5. The van der Waals surface area contributed by atoms with E-state index in [0.717, 1.165) is 50.4 Å². The van der Waals surface area contributed by atoms with E-state index in [4.69, 9.17) is 4.74 Å². The lowest BCUT2D eigenvalue weighted by Crippen LogP contribution is -2.27. The Balaban J connectivity index is 0.00000256. The molecule has 2 aromatic rings. The zero-order valence-corrected chi connectivity index (χ0v) is 17.5. The van der Waals surface area contributed by atoms with E-state index in [1.54, 1.807) is 0 Å². The van der Waals surface area contributed by atoms with Gasteiger partial charge in [-0.2, -0.15) is 5.26 Å². The first-order valence-electron chi connectivity index (χ1n) is 10.1. The molecule has 0 spiro atoms. The molecule has 1 saturated heterocycles. The fourth-order valence-electron chi connectivity index (χ4n) is 4.27. The Labute approximate surface area is 182 Å². The quantitative estimate of drug-likeness (QED) is 0.710. The molecule has 7 heteroatoms. The van der Waals surface area contributed by atoms with Crippen LogP contribution in [-0.4, -0.2) is 43.6 Å². The van der Waals surface area contributed by atoms with E-state index in [1.165, 1.54) is 24.3 Å². The number of unbranched alkanes of at least 4 members (excludes halogenated alkanes) is 1. The van der Waals surface area contributed by atoms with Crippen LogP contribution < -0.4 is 10.1 Å². The van der Waals surface area contributed by atoms with Crippen LogP contribution in [0.25, 0.3) is 0 Å². The molecule has 2 heterocycles. The largest absolute Gasteiger partial charge is 0.493 e. The van der Waals surface area contributed by atoms with Gasteiger partial charge in [0.2, 0.25) is 0 Å². The monoisotopic (exact) mass is 429 g/mol. The summed E-state index contributed by atoms with van der Waals surface area (Å²) in [6.07, 6.45) is 1.89. The predicted octanol–water partition coefficient (Wildman–Crippen LogP) is 3.74. The van der Waals surface area contributed by atoms with Crippen molar-refractivity contribution in [2.75, 3.05) is 32.8 Å². The number of ether oxygens (including phenoxy) is 1. The Morgan fingerprint density at radius 1 is 1.20 bits per heavy atom. The number of amides is 1. The average Bonchev–Trinajstić information content (AvgIpc) is 3.17. The maximum atomic E-state index is 12.9. The number of carbonyl (C=O) groups excluding carboxylic acids is 1. The summed E-state index contributed by atoms with van der Waals surface area (Å²) in [5.41, 5.74) is 2.32. The Bertz CT molecular complexity index is 929. The fraction of sp³-hybridized carbons (Fsp3) is 0.391. The van der Waals surface area contributed by atoms with Gasteiger partial charge in [-0.1, -0.05) is 0 Å². The maximum Gasteiger partial charge on any atom is 0.251 e. The molecular formula is C23H25ClFN3O2. The van der Waals surface area contributed by atoms with Gasteiger partial charge in [0.05, 0.1) is 18.2 Å². The summed E-state index contributed by atoms with van der Waals surface area (Å²) >= 11 is 0. The van der Waals surface area contributed by atoms with Crippen LogP contribution in [0.2, 0.25) is 0 Å². The number of nitrogens with zero attached hydrogens (tertiary/aromatic N) is 2. The minimum atomic E-state index is -0.343. The molecule has 158 valence electrons. The van der Waals surface area contributed by atoms with E-state index in [-0.39, 0.29) is 24.1 Å². The smallest absolute Gasteiger partial charge is 0.251 e. The second-order valence-electron chi connectivity index (χ2n) is 7.77. The molecule has 0 bridgehead atoms. The van der Waals surface area contributed by atoms with Gasteiger partial charge in [-0.25, -0.2) is 4.39 Å². The molecule has 2 aromatic carbocycles. The number of nitriles is 1. The molecule has 2 aliphatic heterocycles. The molecule has 4 rings (SSSR count). The second kappa shape index (κ2) is 9.92. The number of benzene rings is 2. The van der Waals surface area contributed by atoms with Gasteiger partial charge in [-0.15, -0.1) is 12.4 Å². The summed E-state index contributed by atoms with van der Waals surface area (Å²) in [5.74, 6) is 1.29. The highest BCUT2D eigenvalue weighted by Gasteiger charge is 2.38. The Morgan fingerprint density at radius 2 is 2.00 bits per heavy atom. The van der Waals surface area contributed by atoms with Gasteiger partial charge in [0.25, 0.3) is 5.91 Å². The first-order valence-corrected chi connectivity index (χ1v) is 10.1. The number of hydrogen-bond acceptors (Lipinski definition) is 4. The summed E-state index contributed by atoms with van der Waals surface area (Å²) in [6, 6.07) is 13.5. The summed E-state index contributed by atoms with van der Waals surface area (Å²) in [5, 5.41) is 12.1. The van der Waals surface area contributed by atoms with Crippen molar-refractivity contribution >= 4 is 18.3 Å². The van der Waals surface area contributed by atoms with Gasteiger partial charge in [0.1, 0.15) is 11.6 Å². The zero-order valence-electron chi connectivity index (χ0n) is 16.6.